The van der Waals surface area contributed by atoms with Crippen molar-refractivity contribution in [3.8, 4) is 0 Å². The van der Waals surface area contributed by atoms with Gasteiger partial charge in [-0.3, -0.25) is 0 Å². The predicted octanol–water partition coefficient (Wildman–Crippen LogP) is 3.39. The Morgan fingerprint density at radius 1 is 1.24 bits per heavy atom. The van der Waals surface area contributed by atoms with E-state index in [9.17, 15) is 4.39 Å². The Labute approximate surface area is 105 Å². The highest BCUT2D eigenvalue weighted by atomic mass is 32.1. The van der Waals surface area contributed by atoms with Crippen LogP contribution in [0.1, 0.15) is 17.5 Å². The molecule has 0 bridgehead atoms. The zero-order valence-electron chi connectivity index (χ0n) is 9.60. The van der Waals surface area contributed by atoms with E-state index in [-0.39, 0.29) is 11.9 Å². The van der Waals surface area contributed by atoms with E-state index < -0.39 is 0 Å². The van der Waals surface area contributed by atoms with Crippen molar-refractivity contribution in [3.63, 3.8) is 0 Å². The Morgan fingerprint density at radius 2 is 2.12 bits per heavy atom. The molecule has 1 aromatic heterocycles. The smallest absolute Gasteiger partial charge is 0.123 e. The van der Waals surface area contributed by atoms with Crippen molar-refractivity contribution in [2.75, 3.05) is 0 Å². The van der Waals surface area contributed by atoms with Crippen LogP contribution in [0.15, 0.2) is 41.1 Å². The fourth-order valence-corrected chi connectivity index (χ4v) is 2.56. The summed E-state index contributed by atoms with van der Waals surface area (Å²) >= 11 is 1.71. The van der Waals surface area contributed by atoms with Gasteiger partial charge < -0.3 is 5.73 Å². The van der Waals surface area contributed by atoms with Crippen LogP contribution < -0.4 is 5.73 Å². The summed E-state index contributed by atoms with van der Waals surface area (Å²) in [5, 5.41) is 4.22. The highest BCUT2D eigenvalue weighted by Gasteiger charge is 2.05. The molecule has 17 heavy (non-hydrogen) atoms. The first-order valence-electron chi connectivity index (χ1n) is 5.75. The topological polar surface area (TPSA) is 26.0 Å². The quantitative estimate of drug-likeness (QED) is 0.863. The molecule has 0 spiro atoms. The largest absolute Gasteiger partial charge is 0.327 e. The first kappa shape index (κ1) is 12.3. The second kappa shape index (κ2) is 5.94. The maximum absolute atomic E-state index is 13.0. The van der Waals surface area contributed by atoms with Gasteiger partial charge in [-0.15, -0.1) is 0 Å². The van der Waals surface area contributed by atoms with Gasteiger partial charge in [-0.25, -0.2) is 4.39 Å². The van der Waals surface area contributed by atoms with E-state index in [0.29, 0.717) is 0 Å². The molecule has 0 aliphatic heterocycles. The standard InChI is InChI=1S/C14H16FNS/c15-13-3-1-2-12(8-13)9-14(16)5-4-11-6-7-17-10-11/h1-3,6-8,10,14H,4-5,9,16H2. The normalized spacial score (nSPS) is 12.6. The lowest BCUT2D eigenvalue weighted by atomic mass is 10.0. The van der Waals surface area contributed by atoms with Gasteiger partial charge in [-0.2, -0.15) is 11.3 Å². The van der Waals surface area contributed by atoms with Gasteiger partial charge in [-0.1, -0.05) is 12.1 Å². The van der Waals surface area contributed by atoms with E-state index in [2.05, 4.69) is 16.8 Å². The summed E-state index contributed by atoms with van der Waals surface area (Å²) in [6, 6.07) is 8.89. The molecule has 0 fully saturated rings. The van der Waals surface area contributed by atoms with Crippen molar-refractivity contribution >= 4 is 11.3 Å². The first-order valence-corrected chi connectivity index (χ1v) is 6.69. The van der Waals surface area contributed by atoms with E-state index in [1.807, 2.05) is 6.07 Å². The van der Waals surface area contributed by atoms with Crippen LogP contribution in [0.25, 0.3) is 0 Å². The molecule has 0 radical (unpaired) electrons. The maximum atomic E-state index is 13.0. The minimum Gasteiger partial charge on any atom is -0.327 e. The van der Waals surface area contributed by atoms with Crippen LogP contribution in [-0.4, -0.2) is 6.04 Å². The van der Waals surface area contributed by atoms with E-state index in [4.69, 9.17) is 5.73 Å². The number of thiophene rings is 1. The van der Waals surface area contributed by atoms with Gasteiger partial charge in [0.2, 0.25) is 0 Å². The molecule has 90 valence electrons. The van der Waals surface area contributed by atoms with E-state index in [0.717, 1.165) is 24.8 Å². The van der Waals surface area contributed by atoms with Crippen LogP contribution in [0, 0.1) is 5.82 Å². The van der Waals surface area contributed by atoms with Gasteiger partial charge in [0, 0.05) is 6.04 Å². The average molecular weight is 249 g/mol. The number of halogens is 1. The second-order valence-electron chi connectivity index (χ2n) is 4.26. The Balaban J connectivity index is 1.83. The maximum Gasteiger partial charge on any atom is 0.123 e. The number of aryl methyl sites for hydroxylation is 1. The zero-order chi connectivity index (χ0) is 12.1. The fraction of sp³-hybridized carbons (Fsp3) is 0.286. The third kappa shape index (κ3) is 3.95. The molecule has 0 amide bonds. The molecule has 1 atom stereocenters. The SMILES string of the molecule is NC(CCc1ccsc1)Cc1cccc(F)c1. The summed E-state index contributed by atoms with van der Waals surface area (Å²) in [6.45, 7) is 0. The summed E-state index contributed by atoms with van der Waals surface area (Å²) in [7, 11) is 0. The lowest BCUT2D eigenvalue weighted by Gasteiger charge is -2.11. The number of hydrogen-bond donors (Lipinski definition) is 1. The van der Waals surface area contributed by atoms with Gasteiger partial charge >= 0.3 is 0 Å². The van der Waals surface area contributed by atoms with Crippen molar-refractivity contribution in [3.05, 3.63) is 58.0 Å². The Kier molecular flexibility index (Phi) is 4.29. The summed E-state index contributed by atoms with van der Waals surface area (Å²) < 4.78 is 13.0. The molecule has 0 aliphatic rings. The molecule has 2 rings (SSSR count). The molecule has 0 saturated heterocycles. The number of hydrogen-bond acceptors (Lipinski definition) is 2. The molecule has 1 unspecified atom stereocenters. The van der Waals surface area contributed by atoms with Crippen molar-refractivity contribution in [2.24, 2.45) is 5.73 Å². The number of benzene rings is 1. The van der Waals surface area contributed by atoms with Gasteiger partial charge in [-0.05, 0) is 59.3 Å². The Hall–Kier alpha value is -1.19. The minimum atomic E-state index is -0.187. The predicted molar refractivity (Wildman–Crippen MR) is 70.7 cm³/mol. The van der Waals surface area contributed by atoms with Crippen LogP contribution in [0.5, 0.6) is 0 Å². The molecular formula is C14H16FNS. The summed E-state index contributed by atoms with van der Waals surface area (Å²) in [6.07, 6.45) is 2.68. The van der Waals surface area contributed by atoms with Crippen molar-refractivity contribution in [2.45, 2.75) is 25.3 Å². The molecule has 2 N–H and O–H groups in total. The van der Waals surface area contributed by atoms with Crippen LogP contribution in [0.2, 0.25) is 0 Å². The van der Waals surface area contributed by atoms with Crippen molar-refractivity contribution in [1.29, 1.82) is 0 Å². The first-order chi connectivity index (χ1) is 8.24. The summed E-state index contributed by atoms with van der Waals surface area (Å²) in [5.74, 6) is -0.187. The molecule has 1 aromatic carbocycles. The summed E-state index contributed by atoms with van der Waals surface area (Å²) in [4.78, 5) is 0. The molecule has 2 aromatic rings. The van der Waals surface area contributed by atoms with Crippen molar-refractivity contribution in [1.82, 2.24) is 0 Å². The lowest BCUT2D eigenvalue weighted by Crippen LogP contribution is -2.23. The molecule has 0 saturated carbocycles. The minimum absolute atomic E-state index is 0.0942. The number of rotatable bonds is 5. The zero-order valence-corrected chi connectivity index (χ0v) is 10.4. The third-order valence-electron chi connectivity index (χ3n) is 2.77. The molecule has 3 heteroatoms. The molecule has 0 aliphatic carbocycles. The molecular weight excluding hydrogens is 233 g/mol. The second-order valence-corrected chi connectivity index (χ2v) is 5.04. The fourth-order valence-electron chi connectivity index (χ4n) is 1.86. The number of nitrogens with two attached hydrogens (primary N) is 1. The Morgan fingerprint density at radius 3 is 2.82 bits per heavy atom. The highest BCUT2D eigenvalue weighted by molar-refractivity contribution is 7.07. The van der Waals surface area contributed by atoms with Crippen molar-refractivity contribution < 1.29 is 4.39 Å². The highest BCUT2D eigenvalue weighted by Crippen LogP contribution is 2.12. The van der Waals surface area contributed by atoms with Crippen LogP contribution >= 0.6 is 11.3 Å². The Bertz CT molecular complexity index is 453. The monoisotopic (exact) mass is 249 g/mol. The van der Waals surface area contributed by atoms with Gasteiger partial charge in [0.1, 0.15) is 5.82 Å². The van der Waals surface area contributed by atoms with E-state index >= 15 is 0 Å². The van der Waals surface area contributed by atoms with Crippen LogP contribution in [-0.2, 0) is 12.8 Å². The third-order valence-corrected chi connectivity index (χ3v) is 3.50. The molecule has 1 heterocycles. The van der Waals surface area contributed by atoms with Gasteiger partial charge in [0.15, 0.2) is 0 Å². The van der Waals surface area contributed by atoms with Gasteiger partial charge in [0.25, 0.3) is 0 Å². The van der Waals surface area contributed by atoms with Crippen LogP contribution in [0.4, 0.5) is 4.39 Å². The van der Waals surface area contributed by atoms with Gasteiger partial charge in [0.05, 0.1) is 0 Å². The molecule has 1 nitrogen and oxygen atoms in total. The summed E-state index contributed by atoms with van der Waals surface area (Å²) in [5.41, 5.74) is 8.37. The lowest BCUT2D eigenvalue weighted by molar-refractivity contribution is 0.599. The van der Waals surface area contributed by atoms with E-state index in [1.165, 1.54) is 11.6 Å². The van der Waals surface area contributed by atoms with Crippen LogP contribution in [0.3, 0.4) is 0 Å². The average Bonchev–Trinajstić information content (AvgIpc) is 2.79. The van der Waals surface area contributed by atoms with E-state index in [1.54, 1.807) is 23.5 Å².